The highest BCUT2D eigenvalue weighted by Gasteiger charge is 2.41. The van der Waals surface area contributed by atoms with Crippen LogP contribution in [0, 0.1) is 0 Å². The van der Waals surface area contributed by atoms with Crippen molar-refractivity contribution in [1.82, 2.24) is 29.3 Å². The molecule has 1 aliphatic heterocycles. The fourth-order valence-electron chi connectivity index (χ4n) is 8.36. The van der Waals surface area contributed by atoms with Crippen LogP contribution in [-0.4, -0.2) is 46.6 Å². The SMILES string of the molecule is C.C.C.C.C=CC(=O)Cc1cc2c(cc1Br)c(-c1cnn(C)c1)nn2C(c1ccccc1)(c1ccccc1)c1ccccc1.Cn1cc(C2=NCc3cc4c(cc32)C=C(Br)C(=O)C4)cn1. The summed E-state index contributed by atoms with van der Waals surface area (Å²) in [7, 11) is 3.80. The first-order chi connectivity index (χ1) is 29.6. The molecule has 5 aromatic carbocycles. The van der Waals surface area contributed by atoms with Crippen LogP contribution in [0.1, 0.15) is 79.8 Å². The number of benzene rings is 5. The minimum atomic E-state index is -0.809. The van der Waals surface area contributed by atoms with E-state index >= 15 is 0 Å². The third-order valence-corrected chi connectivity index (χ3v) is 12.6. The van der Waals surface area contributed by atoms with Crippen molar-refractivity contribution in [2.24, 2.45) is 19.1 Å². The number of aromatic nitrogens is 6. The molecule has 0 saturated carbocycles. The number of nitrogens with zero attached hydrogens (tertiary/aromatic N) is 7. The van der Waals surface area contributed by atoms with Crippen LogP contribution >= 0.6 is 31.9 Å². The minimum Gasteiger partial charge on any atom is -0.295 e. The van der Waals surface area contributed by atoms with E-state index in [-0.39, 0.29) is 47.7 Å². The average molecular weight is 994 g/mol. The first kappa shape index (κ1) is 49.5. The average Bonchev–Trinajstić information content (AvgIpc) is 4.09. The fourth-order valence-corrected chi connectivity index (χ4v) is 9.23. The monoisotopic (exact) mass is 991 g/mol. The molecule has 0 saturated heterocycles. The van der Waals surface area contributed by atoms with E-state index in [1.54, 1.807) is 9.36 Å². The normalized spacial score (nSPS) is 12.4. The third-order valence-electron chi connectivity index (χ3n) is 11.2. The zero-order chi connectivity index (χ0) is 42.3. The Morgan fingerprint density at radius 1 is 0.754 bits per heavy atom. The van der Waals surface area contributed by atoms with Crippen LogP contribution < -0.4 is 0 Å². The van der Waals surface area contributed by atoms with Crippen LogP contribution in [0.3, 0.4) is 0 Å². The molecule has 8 aromatic rings. The molecule has 0 atom stereocenters. The maximum absolute atomic E-state index is 12.5. The van der Waals surface area contributed by atoms with Crippen molar-refractivity contribution in [3.05, 3.63) is 212 Å². The lowest BCUT2D eigenvalue weighted by molar-refractivity contribution is -0.115. The quantitative estimate of drug-likeness (QED) is 0.106. The molecule has 0 amide bonds. The standard InChI is InChI=1S/C34H27BrN4O.C16H12BrN3O.4CH4/c1-3-29(40)19-24-20-32-30(21-31(24)35)33(25-22-36-38(2)23-25)37-39(32)34(26-13-7-4-8-14-26,27-15-9-5-10-16-27)28-17-11-6-12-18-28;1-20-8-12(7-19-20)16-13-3-10-4-14(17)15(21)5-9(10)2-11(13)6-18-16;;;;/h3-18,20-23H,1,19H2,2H3;2-4,7-8H,5-6H2,1H3;4*1H4. The van der Waals surface area contributed by atoms with Crippen molar-refractivity contribution in [2.75, 3.05) is 0 Å². The van der Waals surface area contributed by atoms with Gasteiger partial charge in [0, 0.05) is 65.9 Å². The fraction of sp³-hybridized carbons (Fsp3) is 0.185. The van der Waals surface area contributed by atoms with Gasteiger partial charge in [-0.15, -0.1) is 0 Å². The summed E-state index contributed by atoms with van der Waals surface area (Å²) in [5.74, 6) is 0.0906. The maximum atomic E-state index is 12.5. The smallest absolute Gasteiger partial charge is 0.174 e. The molecule has 65 heavy (non-hydrogen) atoms. The van der Waals surface area contributed by atoms with E-state index in [1.807, 2.05) is 63.2 Å². The summed E-state index contributed by atoms with van der Waals surface area (Å²) in [6.07, 6.45) is 11.6. The second-order valence-electron chi connectivity index (χ2n) is 15.1. The predicted molar refractivity (Wildman–Crippen MR) is 275 cm³/mol. The lowest BCUT2D eigenvalue weighted by Gasteiger charge is -2.37. The van der Waals surface area contributed by atoms with Crippen molar-refractivity contribution in [3.63, 3.8) is 0 Å². The summed E-state index contributed by atoms with van der Waals surface area (Å²) in [5.41, 5.74) is 12.5. The molecule has 11 heteroatoms. The summed E-state index contributed by atoms with van der Waals surface area (Å²) < 4.78 is 7.19. The van der Waals surface area contributed by atoms with E-state index < -0.39 is 5.54 Å². The molecule has 10 rings (SSSR count). The first-order valence-electron chi connectivity index (χ1n) is 19.8. The predicted octanol–water partition coefficient (Wildman–Crippen LogP) is 12.5. The van der Waals surface area contributed by atoms with Crippen LogP contribution in [0.5, 0.6) is 0 Å². The molecule has 1 aliphatic carbocycles. The lowest BCUT2D eigenvalue weighted by atomic mass is 9.77. The number of halogens is 2. The highest BCUT2D eigenvalue weighted by atomic mass is 79.9. The summed E-state index contributed by atoms with van der Waals surface area (Å²) in [6, 6.07) is 39.8. The van der Waals surface area contributed by atoms with Crippen molar-refractivity contribution in [2.45, 2.75) is 54.6 Å². The summed E-state index contributed by atoms with van der Waals surface area (Å²) in [5, 5.41) is 15.0. The van der Waals surface area contributed by atoms with Crippen LogP contribution in [0.25, 0.3) is 28.2 Å². The van der Waals surface area contributed by atoms with Gasteiger partial charge in [-0.1, -0.05) is 149 Å². The molecular weight excluding hydrogens is 938 g/mol. The van der Waals surface area contributed by atoms with E-state index in [9.17, 15) is 9.59 Å². The third kappa shape index (κ3) is 9.21. The Bertz CT molecular complexity index is 2960. The van der Waals surface area contributed by atoms with Crippen molar-refractivity contribution in [3.8, 4) is 11.3 Å². The largest absolute Gasteiger partial charge is 0.295 e. The van der Waals surface area contributed by atoms with Crippen LogP contribution in [-0.2, 0) is 48.6 Å². The Hall–Kier alpha value is -6.56. The number of hydrogen-bond donors (Lipinski definition) is 0. The van der Waals surface area contributed by atoms with Gasteiger partial charge in [-0.2, -0.15) is 15.3 Å². The van der Waals surface area contributed by atoms with Crippen molar-refractivity contribution < 1.29 is 9.59 Å². The number of aliphatic imine (C=N–C) groups is 1. The summed E-state index contributed by atoms with van der Waals surface area (Å²) in [4.78, 5) is 28.9. The van der Waals surface area contributed by atoms with Crippen molar-refractivity contribution in [1.29, 1.82) is 0 Å². The van der Waals surface area contributed by atoms with Gasteiger partial charge in [-0.05, 0) is 85.2 Å². The molecule has 2 aliphatic rings. The van der Waals surface area contributed by atoms with Gasteiger partial charge in [0.05, 0.1) is 34.6 Å². The number of carbonyl (C=O) groups excluding carboxylic acids is 2. The highest BCUT2D eigenvalue weighted by molar-refractivity contribution is 9.12. The minimum absolute atomic E-state index is 0. The molecule has 4 heterocycles. The van der Waals surface area contributed by atoms with Crippen LogP contribution in [0.2, 0.25) is 0 Å². The van der Waals surface area contributed by atoms with E-state index in [2.05, 4.69) is 155 Å². The molecule has 332 valence electrons. The van der Waals surface area contributed by atoms with Gasteiger partial charge in [0.25, 0.3) is 0 Å². The van der Waals surface area contributed by atoms with Gasteiger partial charge in [-0.25, -0.2) is 4.68 Å². The Kier molecular flexibility index (Phi) is 15.6. The van der Waals surface area contributed by atoms with Crippen LogP contribution in [0.4, 0.5) is 0 Å². The number of allylic oxidation sites excluding steroid dienone is 2. The van der Waals surface area contributed by atoms with E-state index in [0.29, 0.717) is 17.4 Å². The topological polar surface area (TPSA) is 100.0 Å². The molecule has 9 nitrogen and oxygen atoms in total. The zero-order valence-corrected chi connectivity index (χ0v) is 36.6. The number of Topliss-reactive ketones (excluding diaryl/α,β-unsaturated/α-hetero) is 1. The summed E-state index contributed by atoms with van der Waals surface area (Å²) >= 11 is 7.07. The Morgan fingerprint density at radius 3 is 1.83 bits per heavy atom. The van der Waals surface area contributed by atoms with E-state index in [1.165, 1.54) is 11.6 Å². The molecular formula is C54H55Br2N7O2. The Labute approximate surface area is 399 Å². The number of rotatable bonds is 9. The van der Waals surface area contributed by atoms with Gasteiger partial charge < -0.3 is 0 Å². The second-order valence-corrected chi connectivity index (χ2v) is 16.9. The molecule has 0 unspecified atom stereocenters. The second kappa shape index (κ2) is 20.5. The van der Waals surface area contributed by atoms with E-state index in [0.717, 1.165) is 76.9 Å². The lowest BCUT2D eigenvalue weighted by Crippen LogP contribution is -2.38. The number of ketones is 2. The molecule has 0 radical (unpaired) electrons. The van der Waals surface area contributed by atoms with E-state index in [4.69, 9.17) is 5.10 Å². The summed E-state index contributed by atoms with van der Waals surface area (Å²) in [6.45, 7) is 4.35. The molecule has 0 spiro atoms. The Balaban J connectivity index is 0.000000270. The van der Waals surface area contributed by atoms with Gasteiger partial charge in [0.1, 0.15) is 11.2 Å². The van der Waals surface area contributed by atoms with Gasteiger partial charge >= 0.3 is 0 Å². The van der Waals surface area contributed by atoms with Gasteiger partial charge in [-0.3, -0.25) is 23.9 Å². The molecule has 0 fully saturated rings. The van der Waals surface area contributed by atoms with Crippen LogP contribution in [0.15, 0.2) is 167 Å². The Morgan fingerprint density at radius 2 is 1.31 bits per heavy atom. The van der Waals surface area contributed by atoms with Gasteiger partial charge in [0.2, 0.25) is 0 Å². The van der Waals surface area contributed by atoms with Crippen molar-refractivity contribution >= 4 is 66.1 Å². The molecule has 3 aromatic heterocycles. The molecule has 0 bridgehead atoms. The first-order valence-corrected chi connectivity index (χ1v) is 21.3. The number of fused-ring (bicyclic) bond motifs is 3. The number of aryl methyl sites for hydroxylation is 2. The molecule has 0 N–H and O–H groups in total. The highest BCUT2D eigenvalue weighted by Crippen LogP contribution is 2.45. The van der Waals surface area contributed by atoms with Gasteiger partial charge in [0.15, 0.2) is 11.6 Å². The number of hydrogen-bond acceptors (Lipinski definition) is 6. The number of carbonyl (C=O) groups is 2. The maximum Gasteiger partial charge on any atom is 0.174 e. The zero-order valence-electron chi connectivity index (χ0n) is 33.5.